The first-order chi connectivity index (χ1) is 15.5. The van der Waals surface area contributed by atoms with Crippen LogP contribution < -0.4 is 5.32 Å². The van der Waals surface area contributed by atoms with Crippen LogP contribution in [0.2, 0.25) is 0 Å². The highest BCUT2D eigenvalue weighted by Crippen LogP contribution is 2.62. The number of likely N-dealkylation sites (tertiary alicyclic amines) is 1. The zero-order chi connectivity index (χ0) is 21.9. The smallest absolute Gasteiger partial charge is 0.114 e. The summed E-state index contributed by atoms with van der Waals surface area (Å²) in [5.74, 6) is 3.19. The Hall–Kier alpha value is -1.91. The van der Waals surface area contributed by atoms with Crippen LogP contribution in [0.4, 0.5) is 0 Å². The summed E-state index contributed by atoms with van der Waals surface area (Å²) in [6.45, 7) is 15.0. The Morgan fingerprint density at radius 2 is 1.97 bits per heavy atom. The molecule has 2 aromatic rings. The molecule has 2 aliphatic heterocycles. The molecule has 5 aliphatic rings. The standard InChI is InChI=1S/C28H38N4/c1-19-23-11-10-21(26(19)28(23,2)3)18-31-15-12-22(13-16-31)32-25-9-5-4-8-24(25)30-27(32)20-7-6-14-29-17-20/h4-5,8-10,20,22-23,26,29H,1,6-7,11-18H2,2-3H3. The van der Waals surface area contributed by atoms with Crippen molar-refractivity contribution in [3.8, 4) is 0 Å². The van der Waals surface area contributed by atoms with Gasteiger partial charge in [-0.1, -0.05) is 49.8 Å². The van der Waals surface area contributed by atoms with Gasteiger partial charge < -0.3 is 9.88 Å². The van der Waals surface area contributed by atoms with E-state index in [0.29, 0.717) is 29.2 Å². The summed E-state index contributed by atoms with van der Waals surface area (Å²) in [5, 5.41) is 3.60. The van der Waals surface area contributed by atoms with Crippen molar-refractivity contribution < 1.29 is 0 Å². The molecule has 0 spiro atoms. The summed E-state index contributed by atoms with van der Waals surface area (Å²) in [6.07, 6.45) is 8.69. The fraction of sp³-hybridized carbons (Fsp3) is 0.607. The van der Waals surface area contributed by atoms with Crippen molar-refractivity contribution in [2.45, 2.75) is 57.9 Å². The van der Waals surface area contributed by atoms with Gasteiger partial charge in [0.2, 0.25) is 0 Å². The van der Waals surface area contributed by atoms with Crippen LogP contribution in [0.15, 0.2) is 48.1 Å². The molecule has 7 rings (SSSR count). The predicted octanol–water partition coefficient (Wildman–Crippen LogP) is 5.30. The minimum Gasteiger partial charge on any atom is -0.324 e. The quantitative estimate of drug-likeness (QED) is 0.668. The molecule has 0 amide bonds. The van der Waals surface area contributed by atoms with E-state index < -0.39 is 0 Å². The number of fused-ring (bicyclic) bond motifs is 2. The third kappa shape index (κ3) is 3.21. The van der Waals surface area contributed by atoms with Crippen molar-refractivity contribution in [1.29, 1.82) is 0 Å². The van der Waals surface area contributed by atoms with Crippen LogP contribution >= 0.6 is 0 Å². The normalized spacial score (nSPS) is 30.9. The highest BCUT2D eigenvalue weighted by Gasteiger charge is 2.54. The Balaban J connectivity index is 1.19. The number of allylic oxidation sites excluding steroid dienone is 2. The maximum absolute atomic E-state index is 5.15. The minimum absolute atomic E-state index is 0.415. The molecule has 2 bridgehead atoms. The van der Waals surface area contributed by atoms with E-state index in [0.717, 1.165) is 19.6 Å². The van der Waals surface area contributed by atoms with Gasteiger partial charge in [0.25, 0.3) is 0 Å². The van der Waals surface area contributed by atoms with Gasteiger partial charge in [-0.05, 0) is 62.1 Å². The van der Waals surface area contributed by atoms with E-state index >= 15 is 0 Å². The van der Waals surface area contributed by atoms with E-state index in [4.69, 9.17) is 4.98 Å². The Morgan fingerprint density at radius 3 is 2.69 bits per heavy atom. The molecule has 3 unspecified atom stereocenters. The second-order valence-electron chi connectivity index (χ2n) is 11.3. The summed E-state index contributed by atoms with van der Waals surface area (Å²) >= 11 is 0. The maximum atomic E-state index is 5.15. The zero-order valence-electron chi connectivity index (χ0n) is 19.8. The summed E-state index contributed by atoms with van der Waals surface area (Å²) in [5.41, 5.74) is 6.06. The largest absolute Gasteiger partial charge is 0.324 e. The van der Waals surface area contributed by atoms with Gasteiger partial charge in [-0.25, -0.2) is 4.98 Å². The molecular weight excluding hydrogens is 392 g/mol. The topological polar surface area (TPSA) is 33.1 Å². The monoisotopic (exact) mass is 430 g/mol. The number of rotatable bonds is 4. The SMILES string of the molecule is C=C1C2CC=C(CN3CCC(n4c(C5CCCNC5)nc5ccccc54)CC3)C1C2(C)C. The summed E-state index contributed by atoms with van der Waals surface area (Å²) in [4.78, 5) is 7.85. The highest BCUT2D eigenvalue weighted by atomic mass is 15.2. The fourth-order valence-corrected chi connectivity index (χ4v) is 7.38. The van der Waals surface area contributed by atoms with E-state index in [2.05, 4.69) is 65.6 Å². The molecule has 0 radical (unpaired) electrons. The van der Waals surface area contributed by atoms with Gasteiger partial charge in [-0.3, -0.25) is 4.90 Å². The Labute approximate surface area is 192 Å². The van der Waals surface area contributed by atoms with Crippen molar-refractivity contribution in [3.05, 3.63) is 53.9 Å². The third-order valence-corrected chi connectivity index (χ3v) is 9.06. The lowest BCUT2D eigenvalue weighted by molar-refractivity contribution is 0.0673. The first kappa shape index (κ1) is 20.7. The van der Waals surface area contributed by atoms with Crippen LogP contribution in [0.1, 0.15) is 63.7 Å². The summed E-state index contributed by atoms with van der Waals surface area (Å²) < 4.78 is 2.63. The summed E-state index contributed by atoms with van der Waals surface area (Å²) in [7, 11) is 0. The molecule has 1 aromatic carbocycles. The predicted molar refractivity (Wildman–Crippen MR) is 132 cm³/mol. The highest BCUT2D eigenvalue weighted by molar-refractivity contribution is 5.76. The van der Waals surface area contributed by atoms with Crippen molar-refractivity contribution in [2.75, 3.05) is 32.7 Å². The summed E-state index contributed by atoms with van der Waals surface area (Å²) in [6, 6.07) is 9.34. The number of hydrogen-bond donors (Lipinski definition) is 1. The number of hydrogen-bond acceptors (Lipinski definition) is 3. The minimum atomic E-state index is 0.415. The van der Waals surface area contributed by atoms with Gasteiger partial charge in [-0.15, -0.1) is 0 Å². The molecule has 1 aromatic heterocycles. The van der Waals surface area contributed by atoms with Crippen LogP contribution in [0, 0.1) is 17.3 Å². The Kier molecular flexibility index (Phi) is 5.07. The molecule has 32 heavy (non-hydrogen) atoms. The number of piperidine rings is 2. The number of benzene rings is 1. The molecule has 4 nitrogen and oxygen atoms in total. The van der Waals surface area contributed by atoms with Crippen molar-refractivity contribution in [3.63, 3.8) is 0 Å². The molecule has 1 N–H and O–H groups in total. The van der Waals surface area contributed by atoms with Crippen LogP contribution in [0.5, 0.6) is 0 Å². The number of nitrogens with one attached hydrogen (secondary N) is 1. The van der Waals surface area contributed by atoms with Gasteiger partial charge >= 0.3 is 0 Å². The molecular formula is C28H38N4. The molecule has 170 valence electrons. The van der Waals surface area contributed by atoms with Gasteiger partial charge in [0.1, 0.15) is 5.82 Å². The number of nitrogens with zero attached hydrogens (tertiary/aromatic N) is 3. The zero-order valence-corrected chi connectivity index (χ0v) is 19.8. The first-order valence-corrected chi connectivity index (χ1v) is 12.8. The Morgan fingerprint density at radius 1 is 1.16 bits per heavy atom. The van der Waals surface area contributed by atoms with E-state index in [9.17, 15) is 0 Å². The van der Waals surface area contributed by atoms with Gasteiger partial charge in [-0.2, -0.15) is 0 Å². The van der Waals surface area contributed by atoms with Crippen LogP contribution in [-0.2, 0) is 0 Å². The average molecular weight is 431 g/mol. The van der Waals surface area contributed by atoms with E-state index in [1.54, 1.807) is 5.57 Å². The van der Waals surface area contributed by atoms with Gasteiger partial charge in [0, 0.05) is 44.1 Å². The number of para-hydroxylation sites is 2. The Bertz CT molecular complexity index is 1050. The van der Waals surface area contributed by atoms with Crippen LogP contribution in [0.25, 0.3) is 11.0 Å². The molecule has 1 saturated carbocycles. The fourth-order valence-electron chi connectivity index (χ4n) is 7.38. The van der Waals surface area contributed by atoms with Gasteiger partial charge in [0.15, 0.2) is 0 Å². The molecule has 3 heterocycles. The van der Waals surface area contributed by atoms with Crippen molar-refractivity contribution in [2.24, 2.45) is 17.3 Å². The van der Waals surface area contributed by atoms with E-state index in [-0.39, 0.29) is 0 Å². The lowest BCUT2D eigenvalue weighted by atomic mass is 9.46. The van der Waals surface area contributed by atoms with E-state index in [1.807, 2.05) is 0 Å². The van der Waals surface area contributed by atoms with Crippen LogP contribution in [0.3, 0.4) is 0 Å². The third-order valence-electron chi connectivity index (χ3n) is 9.06. The molecule has 2 saturated heterocycles. The molecule has 3 atom stereocenters. The van der Waals surface area contributed by atoms with Crippen molar-refractivity contribution in [1.82, 2.24) is 19.8 Å². The van der Waals surface area contributed by atoms with E-state index in [1.165, 1.54) is 67.6 Å². The lowest BCUT2D eigenvalue weighted by Crippen LogP contribution is -2.52. The second kappa shape index (κ2) is 7.85. The lowest BCUT2D eigenvalue weighted by Gasteiger charge is -2.59. The van der Waals surface area contributed by atoms with Gasteiger partial charge in [0.05, 0.1) is 11.0 Å². The number of imidazole rings is 1. The van der Waals surface area contributed by atoms with Crippen molar-refractivity contribution >= 4 is 11.0 Å². The number of aromatic nitrogens is 2. The average Bonchev–Trinajstić information content (AvgIpc) is 3.20. The molecule has 3 aliphatic carbocycles. The van der Waals surface area contributed by atoms with Crippen LogP contribution in [-0.4, -0.2) is 47.2 Å². The first-order valence-electron chi connectivity index (χ1n) is 12.8. The molecule has 3 fully saturated rings. The second-order valence-corrected chi connectivity index (χ2v) is 11.3. The maximum Gasteiger partial charge on any atom is 0.114 e. The molecule has 4 heteroatoms.